The predicted octanol–water partition coefficient (Wildman–Crippen LogP) is 5.62. The van der Waals surface area contributed by atoms with Gasteiger partial charge in [-0.1, -0.05) is 30.3 Å². The van der Waals surface area contributed by atoms with Crippen molar-refractivity contribution in [3.63, 3.8) is 0 Å². The summed E-state index contributed by atoms with van der Waals surface area (Å²) in [5, 5.41) is 0. The molecule has 0 heterocycles. The van der Waals surface area contributed by atoms with Gasteiger partial charge in [0.05, 0.1) is 0 Å². The molecule has 0 amide bonds. The number of methoxy groups -OCH3 is 1. The van der Waals surface area contributed by atoms with Crippen LogP contribution < -0.4 is 4.74 Å². The van der Waals surface area contributed by atoms with Crippen molar-refractivity contribution in [1.29, 1.82) is 0 Å². The SMILES string of the molecule is COCOc1ccc(-c2ccc(C=O)cc2)cc1C12CC3CC(CC(C3)C1)C2. The van der Waals surface area contributed by atoms with Crippen LogP contribution in [0.5, 0.6) is 5.75 Å². The normalized spacial score (nSPS) is 30.4. The van der Waals surface area contributed by atoms with E-state index in [2.05, 4.69) is 18.2 Å². The van der Waals surface area contributed by atoms with Crippen LogP contribution in [-0.4, -0.2) is 20.2 Å². The van der Waals surface area contributed by atoms with Gasteiger partial charge >= 0.3 is 0 Å². The zero-order valence-corrected chi connectivity index (χ0v) is 16.5. The van der Waals surface area contributed by atoms with E-state index < -0.39 is 0 Å². The molecule has 4 saturated carbocycles. The van der Waals surface area contributed by atoms with Gasteiger partial charge in [0.15, 0.2) is 6.79 Å². The number of benzene rings is 2. The van der Waals surface area contributed by atoms with E-state index in [1.165, 1.54) is 49.7 Å². The van der Waals surface area contributed by atoms with Gasteiger partial charge in [-0.05, 0) is 85.0 Å². The van der Waals surface area contributed by atoms with E-state index >= 15 is 0 Å². The molecule has 2 aromatic rings. The molecular formula is C25H28O3. The van der Waals surface area contributed by atoms with Gasteiger partial charge in [0.1, 0.15) is 12.0 Å². The van der Waals surface area contributed by atoms with Crippen molar-refractivity contribution in [2.45, 2.75) is 43.9 Å². The van der Waals surface area contributed by atoms with Gasteiger partial charge in [0.2, 0.25) is 0 Å². The summed E-state index contributed by atoms with van der Waals surface area (Å²) in [6.45, 7) is 0.284. The molecule has 4 aliphatic carbocycles. The number of hydrogen-bond acceptors (Lipinski definition) is 3. The monoisotopic (exact) mass is 376 g/mol. The molecular weight excluding hydrogens is 348 g/mol. The summed E-state index contributed by atoms with van der Waals surface area (Å²) in [6, 6.07) is 14.5. The molecule has 28 heavy (non-hydrogen) atoms. The maximum atomic E-state index is 11.0. The minimum atomic E-state index is 0.260. The fourth-order valence-electron chi connectivity index (χ4n) is 6.57. The first kappa shape index (κ1) is 17.9. The summed E-state index contributed by atoms with van der Waals surface area (Å²) >= 11 is 0. The third-order valence-electron chi connectivity index (χ3n) is 7.30. The van der Waals surface area contributed by atoms with Crippen molar-refractivity contribution in [3.8, 4) is 16.9 Å². The molecule has 0 spiro atoms. The Morgan fingerprint density at radius 3 is 2.11 bits per heavy atom. The lowest BCUT2D eigenvalue weighted by Gasteiger charge is -2.57. The summed E-state index contributed by atoms with van der Waals surface area (Å²) in [4.78, 5) is 11.0. The van der Waals surface area contributed by atoms with Gasteiger partial charge < -0.3 is 9.47 Å². The summed E-state index contributed by atoms with van der Waals surface area (Å²) in [6.07, 6.45) is 9.09. The van der Waals surface area contributed by atoms with E-state index in [1.807, 2.05) is 24.3 Å². The van der Waals surface area contributed by atoms with Crippen LogP contribution >= 0.6 is 0 Å². The lowest BCUT2D eigenvalue weighted by molar-refractivity contribution is -0.00880. The first-order valence-corrected chi connectivity index (χ1v) is 10.5. The third-order valence-corrected chi connectivity index (χ3v) is 7.30. The molecule has 3 heteroatoms. The number of carbonyl (C=O) groups is 1. The molecule has 0 unspecified atom stereocenters. The molecule has 0 N–H and O–H groups in total. The van der Waals surface area contributed by atoms with Gasteiger partial charge in [0.25, 0.3) is 0 Å². The van der Waals surface area contributed by atoms with Gasteiger partial charge in [-0.2, -0.15) is 0 Å². The molecule has 0 saturated heterocycles. The number of carbonyl (C=O) groups excluding carboxylic acids is 1. The van der Waals surface area contributed by atoms with Crippen molar-refractivity contribution in [3.05, 3.63) is 53.6 Å². The Balaban J connectivity index is 1.57. The smallest absolute Gasteiger partial charge is 0.188 e. The summed E-state index contributed by atoms with van der Waals surface area (Å²) in [5.41, 5.74) is 4.70. The molecule has 146 valence electrons. The van der Waals surface area contributed by atoms with Crippen LogP contribution in [0.3, 0.4) is 0 Å². The van der Waals surface area contributed by atoms with Gasteiger partial charge in [-0.25, -0.2) is 0 Å². The molecule has 4 bridgehead atoms. The molecule has 0 atom stereocenters. The van der Waals surface area contributed by atoms with Crippen LogP contribution in [0.25, 0.3) is 11.1 Å². The lowest BCUT2D eigenvalue weighted by Crippen LogP contribution is -2.48. The highest BCUT2D eigenvalue weighted by atomic mass is 16.7. The van der Waals surface area contributed by atoms with E-state index in [-0.39, 0.29) is 12.2 Å². The molecule has 4 fully saturated rings. The van der Waals surface area contributed by atoms with Crippen LogP contribution in [0.4, 0.5) is 0 Å². The summed E-state index contributed by atoms with van der Waals surface area (Å²) in [7, 11) is 1.67. The Labute approximate surface area is 167 Å². The van der Waals surface area contributed by atoms with E-state index in [1.54, 1.807) is 7.11 Å². The second-order valence-electron chi connectivity index (χ2n) is 9.20. The minimum Gasteiger partial charge on any atom is -0.467 e. The van der Waals surface area contributed by atoms with Crippen LogP contribution in [0, 0.1) is 17.8 Å². The molecule has 0 aliphatic heterocycles. The average Bonchev–Trinajstić information content (AvgIpc) is 2.71. The van der Waals surface area contributed by atoms with Crippen molar-refractivity contribution in [1.82, 2.24) is 0 Å². The van der Waals surface area contributed by atoms with Gasteiger partial charge in [0, 0.05) is 18.2 Å². The molecule has 3 nitrogen and oxygen atoms in total. The lowest BCUT2D eigenvalue weighted by atomic mass is 9.48. The fourth-order valence-corrected chi connectivity index (χ4v) is 6.57. The topological polar surface area (TPSA) is 35.5 Å². The quantitative estimate of drug-likeness (QED) is 0.485. The van der Waals surface area contributed by atoms with E-state index in [9.17, 15) is 4.79 Å². The molecule has 6 rings (SSSR count). The van der Waals surface area contributed by atoms with Crippen molar-refractivity contribution in [2.24, 2.45) is 17.8 Å². The van der Waals surface area contributed by atoms with Crippen molar-refractivity contribution >= 4 is 6.29 Å². The van der Waals surface area contributed by atoms with Gasteiger partial charge in [-0.3, -0.25) is 4.79 Å². The Morgan fingerprint density at radius 2 is 1.54 bits per heavy atom. The number of rotatable bonds is 6. The first-order chi connectivity index (χ1) is 13.7. The van der Waals surface area contributed by atoms with Crippen LogP contribution in [0.15, 0.2) is 42.5 Å². The predicted molar refractivity (Wildman–Crippen MR) is 110 cm³/mol. The molecule has 0 radical (unpaired) electrons. The summed E-state index contributed by atoms with van der Waals surface area (Å²) in [5.74, 6) is 3.64. The van der Waals surface area contributed by atoms with E-state index in [4.69, 9.17) is 9.47 Å². The fraction of sp³-hybridized carbons (Fsp3) is 0.480. The van der Waals surface area contributed by atoms with Crippen LogP contribution in [-0.2, 0) is 10.2 Å². The third kappa shape index (κ3) is 3.06. The Morgan fingerprint density at radius 1 is 0.929 bits per heavy atom. The Bertz CT molecular complexity index is 833. The number of hydrogen-bond donors (Lipinski definition) is 0. The number of ether oxygens (including phenoxy) is 2. The van der Waals surface area contributed by atoms with Crippen LogP contribution in [0.2, 0.25) is 0 Å². The zero-order valence-electron chi connectivity index (χ0n) is 16.5. The standard InChI is InChI=1S/C25H28O3/c1-27-16-28-24-7-6-22(21-4-2-17(15-26)3-5-21)11-23(24)25-12-18-8-19(13-25)10-20(9-18)14-25/h2-7,11,15,18-20H,8-10,12-14,16H2,1H3. The van der Waals surface area contributed by atoms with Crippen LogP contribution in [0.1, 0.15) is 54.4 Å². The molecule has 0 aromatic heterocycles. The second-order valence-corrected chi connectivity index (χ2v) is 9.20. The Hall–Kier alpha value is -2.13. The second kappa shape index (κ2) is 7.04. The highest BCUT2D eigenvalue weighted by molar-refractivity contribution is 5.77. The van der Waals surface area contributed by atoms with Gasteiger partial charge in [-0.15, -0.1) is 0 Å². The zero-order chi connectivity index (χ0) is 19.1. The van der Waals surface area contributed by atoms with E-state index in [0.717, 1.165) is 35.4 Å². The summed E-state index contributed by atoms with van der Waals surface area (Å²) < 4.78 is 11.2. The minimum absolute atomic E-state index is 0.260. The van der Waals surface area contributed by atoms with E-state index in [0.29, 0.717) is 5.56 Å². The first-order valence-electron chi connectivity index (χ1n) is 10.5. The molecule has 2 aromatic carbocycles. The van der Waals surface area contributed by atoms with Crippen molar-refractivity contribution < 1.29 is 14.3 Å². The highest BCUT2D eigenvalue weighted by Crippen LogP contribution is 2.62. The molecule has 4 aliphatic rings. The van der Waals surface area contributed by atoms with Crippen molar-refractivity contribution in [2.75, 3.05) is 13.9 Å². The number of aldehydes is 1. The Kier molecular flexibility index (Phi) is 4.51. The average molecular weight is 376 g/mol. The largest absolute Gasteiger partial charge is 0.467 e. The highest BCUT2D eigenvalue weighted by Gasteiger charge is 2.52. The maximum Gasteiger partial charge on any atom is 0.188 e. The maximum absolute atomic E-state index is 11.0.